The van der Waals surface area contributed by atoms with E-state index in [1.807, 2.05) is 12.1 Å². The molecular formula is C15H16N2O4. The Morgan fingerprint density at radius 2 is 2.00 bits per heavy atom. The molecule has 3 aliphatic rings. The molecule has 2 heterocycles. The molecule has 2 amide bonds. The molecule has 2 aliphatic heterocycles. The molecule has 0 radical (unpaired) electrons. The van der Waals surface area contributed by atoms with Crippen LogP contribution in [0.3, 0.4) is 0 Å². The maximum atomic E-state index is 12.1. The highest BCUT2D eigenvalue weighted by molar-refractivity contribution is 6.04. The van der Waals surface area contributed by atoms with E-state index in [0.717, 1.165) is 49.5 Å². The fraction of sp³-hybridized carbons (Fsp3) is 0.467. The molecule has 1 N–H and O–H groups in total. The number of ether oxygens (including phenoxy) is 2. The van der Waals surface area contributed by atoms with Crippen molar-refractivity contribution in [2.75, 3.05) is 31.2 Å². The number of carbonyl (C=O) groups excluding carboxylic acids is 2. The van der Waals surface area contributed by atoms with Crippen LogP contribution in [-0.2, 0) is 26.3 Å². The molecule has 21 heavy (non-hydrogen) atoms. The lowest BCUT2D eigenvalue weighted by molar-refractivity contribution is -0.131. The summed E-state index contributed by atoms with van der Waals surface area (Å²) in [5, 5.41) is 2.24. The Balaban J connectivity index is 1.69. The van der Waals surface area contributed by atoms with Gasteiger partial charge in [-0.05, 0) is 24.1 Å². The Labute approximate surface area is 122 Å². The van der Waals surface area contributed by atoms with Gasteiger partial charge in [0.15, 0.2) is 0 Å². The van der Waals surface area contributed by atoms with E-state index in [4.69, 9.17) is 9.47 Å². The number of alkyl carbamates (subject to hydrolysis) is 1. The molecule has 2 fully saturated rings. The maximum absolute atomic E-state index is 12.1. The van der Waals surface area contributed by atoms with Crippen molar-refractivity contribution >= 4 is 17.7 Å². The minimum atomic E-state index is -1.10. The molecule has 4 rings (SSSR count). The topological polar surface area (TPSA) is 67.9 Å². The Kier molecular flexibility index (Phi) is 2.68. The predicted octanol–water partition coefficient (Wildman–Crippen LogP) is 0.931. The summed E-state index contributed by atoms with van der Waals surface area (Å²) in [6, 6.07) is 6.02. The van der Waals surface area contributed by atoms with Crippen molar-refractivity contribution in [1.82, 2.24) is 5.32 Å². The van der Waals surface area contributed by atoms with E-state index in [0.29, 0.717) is 6.42 Å². The number of nitrogens with zero attached hydrogens (tertiary/aromatic N) is 1. The third-order valence-electron chi connectivity index (χ3n) is 4.50. The Hall–Kier alpha value is -2.08. The zero-order valence-corrected chi connectivity index (χ0v) is 11.6. The van der Waals surface area contributed by atoms with Gasteiger partial charge in [0.05, 0.1) is 13.2 Å². The van der Waals surface area contributed by atoms with E-state index < -0.39 is 11.7 Å². The van der Waals surface area contributed by atoms with Gasteiger partial charge in [0.2, 0.25) is 5.60 Å². The van der Waals surface area contributed by atoms with E-state index in [1.165, 1.54) is 0 Å². The molecule has 6 heteroatoms. The number of anilines is 1. The fourth-order valence-corrected chi connectivity index (χ4v) is 3.41. The summed E-state index contributed by atoms with van der Waals surface area (Å²) in [4.78, 5) is 25.7. The largest absolute Gasteiger partial charge is 0.427 e. The first-order valence-electron chi connectivity index (χ1n) is 7.20. The van der Waals surface area contributed by atoms with Crippen molar-refractivity contribution in [3.8, 4) is 0 Å². The molecule has 110 valence electrons. The third-order valence-corrected chi connectivity index (χ3v) is 4.50. The van der Waals surface area contributed by atoms with Gasteiger partial charge in [0, 0.05) is 30.8 Å². The van der Waals surface area contributed by atoms with Crippen LogP contribution in [0.2, 0.25) is 0 Å². The standard InChI is InChI=1S/C15H16N2O4/c18-13-15(21-14(19)16-13)4-3-10-9-11(1-2-12(10)15)17-5-7-20-8-6-17/h1-2,9H,3-8H2,(H,16,18,19)/t15-/m1/s1. The van der Waals surface area contributed by atoms with Crippen LogP contribution in [0.15, 0.2) is 18.2 Å². The lowest BCUT2D eigenvalue weighted by Crippen LogP contribution is -2.36. The maximum Gasteiger partial charge on any atom is 0.415 e. The van der Waals surface area contributed by atoms with Gasteiger partial charge in [0.25, 0.3) is 5.91 Å². The van der Waals surface area contributed by atoms with Gasteiger partial charge in [-0.2, -0.15) is 0 Å². The number of rotatable bonds is 1. The zero-order chi connectivity index (χ0) is 14.4. The van der Waals surface area contributed by atoms with Gasteiger partial charge in [-0.1, -0.05) is 6.07 Å². The number of carbonyl (C=O) groups is 2. The van der Waals surface area contributed by atoms with E-state index in [2.05, 4.69) is 16.3 Å². The highest BCUT2D eigenvalue weighted by atomic mass is 16.6. The Morgan fingerprint density at radius 1 is 1.19 bits per heavy atom. The Morgan fingerprint density at radius 3 is 2.71 bits per heavy atom. The van der Waals surface area contributed by atoms with Gasteiger partial charge in [0.1, 0.15) is 0 Å². The summed E-state index contributed by atoms with van der Waals surface area (Å²) in [6.45, 7) is 3.22. The van der Waals surface area contributed by atoms with Crippen LogP contribution in [0.1, 0.15) is 17.5 Å². The number of morpholine rings is 1. The van der Waals surface area contributed by atoms with Crippen LogP contribution in [-0.4, -0.2) is 38.3 Å². The normalized spacial score (nSPS) is 27.7. The summed E-state index contributed by atoms with van der Waals surface area (Å²) < 4.78 is 10.7. The van der Waals surface area contributed by atoms with Gasteiger partial charge in [-0.3, -0.25) is 10.1 Å². The molecule has 1 aromatic rings. The minimum Gasteiger partial charge on any atom is -0.427 e. The van der Waals surface area contributed by atoms with Crippen molar-refractivity contribution in [1.29, 1.82) is 0 Å². The monoisotopic (exact) mass is 288 g/mol. The minimum absolute atomic E-state index is 0.342. The third kappa shape index (κ3) is 1.82. The first-order chi connectivity index (χ1) is 10.2. The number of nitrogens with one attached hydrogen (secondary N) is 1. The highest BCUT2D eigenvalue weighted by Crippen LogP contribution is 2.43. The van der Waals surface area contributed by atoms with E-state index >= 15 is 0 Å². The van der Waals surface area contributed by atoms with Crippen LogP contribution in [0.5, 0.6) is 0 Å². The van der Waals surface area contributed by atoms with Crippen LogP contribution in [0.25, 0.3) is 0 Å². The van der Waals surface area contributed by atoms with Crippen LogP contribution in [0, 0.1) is 0 Å². The van der Waals surface area contributed by atoms with Gasteiger partial charge in [-0.15, -0.1) is 0 Å². The average molecular weight is 288 g/mol. The van der Waals surface area contributed by atoms with Gasteiger partial charge >= 0.3 is 6.09 Å². The summed E-state index contributed by atoms with van der Waals surface area (Å²) >= 11 is 0. The summed E-state index contributed by atoms with van der Waals surface area (Å²) in [5.74, 6) is -0.342. The summed E-state index contributed by atoms with van der Waals surface area (Å²) in [5.41, 5.74) is 1.95. The molecule has 0 aromatic heterocycles. The first kappa shape index (κ1) is 12.6. The molecule has 1 aliphatic carbocycles. The van der Waals surface area contributed by atoms with E-state index in [1.54, 1.807) is 0 Å². The molecule has 0 saturated carbocycles. The average Bonchev–Trinajstić information content (AvgIpc) is 3.01. The summed E-state index contributed by atoms with van der Waals surface area (Å²) in [7, 11) is 0. The van der Waals surface area contributed by atoms with Crippen molar-refractivity contribution in [3.05, 3.63) is 29.3 Å². The van der Waals surface area contributed by atoms with Crippen molar-refractivity contribution in [2.45, 2.75) is 18.4 Å². The molecule has 6 nitrogen and oxygen atoms in total. The first-order valence-corrected chi connectivity index (χ1v) is 7.20. The second-order valence-electron chi connectivity index (χ2n) is 5.61. The fourth-order valence-electron chi connectivity index (χ4n) is 3.41. The van der Waals surface area contributed by atoms with Crippen LogP contribution >= 0.6 is 0 Å². The van der Waals surface area contributed by atoms with E-state index in [-0.39, 0.29) is 5.91 Å². The number of fused-ring (bicyclic) bond motifs is 2. The van der Waals surface area contributed by atoms with Crippen LogP contribution < -0.4 is 10.2 Å². The highest BCUT2D eigenvalue weighted by Gasteiger charge is 2.54. The quantitative estimate of drug-likeness (QED) is 0.832. The summed E-state index contributed by atoms with van der Waals surface area (Å²) in [6.07, 6.45) is 0.617. The number of amides is 2. The van der Waals surface area contributed by atoms with Gasteiger partial charge in [-0.25, -0.2) is 4.79 Å². The van der Waals surface area contributed by atoms with Crippen LogP contribution in [0.4, 0.5) is 10.5 Å². The molecule has 0 unspecified atom stereocenters. The lowest BCUT2D eigenvalue weighted by Gasteiger charge is -2.29. The SMILES string of the molecule is O=C1NC(=O)[C@]2(CCc3cc(N4CCOCC4)ccc32)O1. The molecule has 2 saturated heterocycles. The zero-order valence-electron chi connectivity index (χ0n) is 11.6. The molecular weight excluding hydrogens is 272 g/mol. The molecule has 0 bridgehead atoms. The smallest absolute Gasteiger partial charge is 0.415 e. The number of aryl methyl sites for hydroxylation is 1. The van der Waals surface area contributed by atoms with Crippen molar-refractivity contribution in [2.24, 2.45) is 0 Å². The van der Waals surface area contributed by atoms with Gasteiger partial charge < -0.3 is 14.4 Å². The second-order valence-corrected chi connectivity index (χ2v) is 5.61. The number of hydrogen-bond donors (Lipinski definition) is 1. The van der Waals surface area contributed by atoms with E-state index in [9.17, 15) is 9.59 Å². The van der Waals surface area contributed by atoms with Crippen molar-refractivity contribution < 1.29 is 19.1 Å². The van der Waals surface area contributed by atoms with Crippen molar-refractivity contribution in [3.63, 3.8) is 0 Å². The number of benzene rings is 1. The predicted molar refractivity (Wildman–Crippen MR) is 74.1 cm³/mol. The molecule has 1 atom stereocenters. The second kappa shape index (κ2) is 4.46. The Bertz CT molecular complexity index is 624. The number of hydrogen-bond acceptors (Lipinski definition) is 5. The molecule has 1 spiro atoms. The molecule has 1 aromatic carbocycles. The lowest BCUT2D eigenvalue weighted by atomic mass is 9.95. The number of imide groups is 1.